The number of hydrogen-bond acceptors (Lipinski definition) is 3. The minimum Gasteiger partial charge on any atom is -0.478 e. The van der Waals surface area contributed by atoms with E-state index in [2.05, 4.69) is 5.32 Å². The second-order valence-corrected chi connectivity index (χ2v) is 5.08. The average Bonchev–Trinajstić information content (AvgIpc) is 2.85. The molecule has 1 aliphatic rings. The van der Waals surface area contributed by atoms with Gasteiger partial charge in [-0.2, -0.15) is 13.2 Å². The average molecular weight is 303 g/mol. The first-order valence-electron chi connectivity index (χ1n) is 6.55. The Hall–Kier alpha value is -1.76. The van der Waals surface area contributed by atoms with Crippen molar-refractivity contribution < 1.29 is 27.8 Å². The Labute approximate surface area is 119 Å². The molecule has 1 aliphatic carbocycles. The Bertz CT molecular complexity index is 531. The highest BCUT2D eigenvalue weighted by atomic mass is 19.4. The van der Waals surface area contributed by atoms with Crippen molar-refractivity contribution in [2.75, 3.05) is 12.4 Å². The van der Waals surface area contributed by atoms with Gasteiger partial charge in [0.1, 0.15) is 0 Å². The molecule has 1 saturated carbocycles. The van der Waals surface area contributed by atoms with Gasteiger partial charge in [-0.3, -0.25) is 0 Å². The standard InChI is InChI=1S/C14H16F3NO3/c1-21-10-4-3-9(7-10)18-12-5-2-8(14(15,16)17)6-11(12)13(19)20/h2,5-6,9-10,18H,3-4,7H2,1H3,(H,19,20). The smallest absolute Gasteiger partial charge is 0.416 e. The number of hydrogen-bond donors (Lipinski definition) is 2. The molecule has 0 aromatic heterocycles. The molecule has 21 heavy (non-hydrogen) atoms. The molecule has 0 saturated heterocycles. The van der Waals surface area contributed by atoms with Gasteiger partial charge in [0.05, 0.1) is 17.2 Å². The zero-order chi connectivity index (χ0) is 15.6. The van der Waals surface area contributed by atoms with Gasteiger partial charge in [-0.25, -0.2) is 4.79 Å². The fourth-order valence-corrected chi connectivity index (χ4v) is 2.53. The van der Waals surface area contributed by atoms with Crippen LogP contribution in [0.15, 0.2) is 18.2 Å². The number of methoxy groups -OCH3 is 1. The van der Waals surface area contributed by atoms with Crippen LogP contribution in [0.25, 0.3) is 0 Å². The molecule has 2 rings (SSSR count). The molecule has 0 bridgehead atoms. The predicted octanol–water partition coefficient (Wildman–Crippen LogP) is 3.38. The predicted molar refractivity (Wildman–Crippen MR) is 70.5 cm³/mol. The maximum atomic E-state index is 12.6. The molecule has 0 aliphatic heterocycles. The number of carbonyl (C=O) groups is 1. The number of rotatable bonds is 4. The number of aromatic carboxylic acids is 1. The third kappa shape index (κ3) is 3.66. The van der Waals surface area contributed by atoms with Gasteiger partial charge in [0, 0.05) is 18.8 Å². The minimum absolute atomic E-state index is 0.00443. The first-order chi connectivity index (χ1) is 9.81. The maximum Gasteiger partial charge on any atom is 0.416 e. The highest BCUT2D eigenvalue weighted by Gasteiger charge is 2.32. The van der Waals surface area contributed by atoms with Gasteiger partial charge < -0.3 is 15.2 Å². The summed E-state index contributed by atoms with van der Waals surface area (Å²) in [6.07, 6.45) is -2.12. The molecule has 0 radical (unpaired) electrons. The van der Waals surface area contributed by atoms with E-state index in [0.717, 1.165) is 18.9 Å². The molecular weight excluding hydrogens is 287 g/mol. The number of nitrogens with one attached hydrogen (secondary N) is 1. The van der Waals surface area contributed by atoms with E-state index >= 15 is 0 Å². The van der Waals surface area contributed by atoms with E-state index in [1.807, 2.05) is 0 Å². The van der Waals surface area contributed by atoms with Crippen LogP contribution in [-0.2, 0) is 10.9 Å². The van der Waals surface area contributed by atoms with E-state index in [1.165, 1.54) is 6.07 Å². The van der Waals surface area contributed by atoms with Crippen LogP contribution in [0.1, 0.15) is 35.2 Å². The zero-order valence-corrected chi connectivity index (χ0v) is 11.4. The molecule has 2 N–H and O–H groups in total. The third-order valence-corrected chi connectivity index (χ3v) is 3.65. The monoisotopic (exact) mass is 303 g/mol. The van der Waals surface area contributed by atoms with Crippen molar-refractivity contribution >= 4 is 11.7 Å². The number of carboxylic acid groups (broad SMARTS) is 1. The molecule has 1 aromatic rings. The Morgan fingerprint density at radius 3 is 2.62 bits per heavy atom. The lowest BCUT2D eigenvalue weighted by molar-refractivity contribution is -0.137. The van der Waals surface area contributed by atoms with Crippen molar-refractivity contribution in [3.8, 4) is 0 Å². The quantitative estimate of drug-likeness (QED) is 0.895. The Morgan fingerprint density at radius 1 is 1.38 bits per heavy atom. The summed E-state index contributed by atoms with van der Waals surface area (Å²) in [7, 11) is 1.61. The zero-order valence-electron chi connectivity index (χ0n) is 11.4. The van der Waals surface area contributed by atoms with E-state index in [9.17, 15) is 18.0 Å². The maximum absolute atomic E-state index is 12.6. The molecule has 0 amide bonds. The van der Waals surface area contributed by atoms with Crippen molar-refractivity contribution in [2.24, 2.45) is 0 Å². The van der Waals surface area contributed by atoms with E-state index < -0.39 is 17.7 Å². The van der Waals surface area contributed by atoms with Crippen molar-refractivity contribution in [1.82, 2.24) is 0 Å². The van der Waals surface area contributed by atoms with Crippen molar-refractivity contribution in [3.05, 3.63) is 29.3 Å². The first kappa shape index (κ1) is 15.6. The Kier molecular flexibility index (Phi) is 4.41. The van der Waals surface area contributed by atoms with Gasteiger partial charge >= 0.3 is 12.1 Å². The molecule has 4 nitrogen and oxygen atoms in total. The van der Waals surface area contributed by atoms with Crippen LogP contribution in [0.5, 0.6) is 0 Å². The molecule has 7 heteroatoms. The number of ether oxygens (including phenoxy) is 1. The summed E-state index contributed by atoms with van der Waals surface area (Å²) in [5, 5.41) is 12.1. The number of carboxylic acids is 1. The van der Waals surface area contributed by atoms with Crippen LogP contribution >= 0.6 is 0 Å². The molecule has 2 atom stereocenters. The summed E-state index contributed by atoms with van der Waals surface area (Å²) in [6.45, 7) is 0. The fraction of sp³-hybridized carbons (Fsp3) is 0.500. The number of halogens is 3. The Balaban J connectivity index is 2.21. The summed E-state index contributed by atoms with van der Waals surface area (Å²) >= 11 is 0. The van der Waals surface area contributed by atoms with Gasteiger partial charge in [0.25, 0.3) is 0 Å². The highest BCUT2D eigenvalue weighted by molar-refractivity contribution is 5.94. The fourth-order valence-electron chi connectivity index (χ4n) is 2.53. The molecule has 1 aromatic carbocycles. The molecule has 0 heterocycles. The van der Waals surface area contributed by atoms with Gasteiger partial charge in [-0.1, -0.05) is 0 Å². The minimum atomic E-state index is -4.56. The third-order valence-electron chi connectivity index (χ3n) is 3.65. The van der Waals surface area contributed by atoms with Gasteiger partial charge in [-0.15, -0.1) is 0 Å². The first-order valence-corrected chi connectivity index (χ1v) is 6.55. The summed E-state index contributed by atoms with van der Waals surface area (Å²) in [6, 6.07) is 2.72. The van der Waals surface area contributed by atoms with Crippen LogP contribution in [0, 0.1) is 0 Å². The van der Waals surface area contributed by atoms with Gasteiger partial charge in [0.2, 0.25) is 0 Å². The number of benzene rings is 1. The van der Waals surface area contributed by atoms with E-state index in [1.54, 1.807) is 7.11 Å². The van der Waals surface area contributed by atoms with Crippen LogP contribution in [0.3, 0.4) is 0 Å². The van der Waals surface area contributed by atoms with E-state index in [0.29, 0.717) is 12.5 Å². The Morgan fingerprint density at radius 2 is 2.10 bits per heavy atom. The second-order valence-electron chi connectivity index (χ2n) is 5.08. The highest BCUT2D eigenvalue weighted by Crippen LogP contribution is 2.33. The lowest BCUT2D eigenvalue weighted by atomic mass is 10.1. The molecule has 0 spiro atoms. The second kappa shape index (κ2) is 5.93. The largest absolute Gasteiger partial charge is 0.478 e. The van der Waals surface area contributed by atoms with Crippen LogP contribution < -0.4 is 5.32 Å². The number of anilines is 1. The normalized spacial score (nSPS) is 22.3. The van der Waals surface area contributed by atoms with Crippen molar-refractivity contribution in [1.29, 1.82) is 0 Å². The van der Waals surface area contributed by atoms with Crippen LogP contribution in [-0.4, -0.2) is 30.3 Å². The molecular formula is C14H16F3NO3. The lowest BCUT2D eigenvalue weighted by Gasteiger charge is -2.17. The summed E-state index contributed by atoms with van der Waals surface area (Å²) in [4.78, 5) is 11.2. The van der Waals surface area contributed by atoms with Crippen molar-refractivity contribution in [3.63, 3.8) is 0 Å². The number of alkyl halides is 3. The SMILES string of the molecule is COC1CCC(Nc2ccc(C(F)(F)F)cc2C(=O)O)C1. The molecule has 2 unspecified atom stereocenters. The van der Waals surface area contributed by atoms with E-state index in [-0.39, 0.29) is 23.4 Å². The van der Waals surface area contributed by atoms with Crippen LogP contribution in [0.2, 0.25) is 0 Å². The van der Waals surface area contributed by atoms with Gasteiger partial charge in [-0.05, 0) is 37.5 Å². The summed E-state index contributed by atoms with van der Waals surface area (Å²) in [5.41, 5.74) is -1.13. The molecule has 1 fully saturated rings. The topological polar surface area (TPSA) is 58.6 Å². The van der Waals surface area contributed by atoms with Gasteiger partial charge in [0.15, 0.2) is 0 Å². The summed E-state index contributed by atoms with van der Waals surface area (Å²) < 4.78 is 43.1. The lowest BCUT2D eigenvalue weighted by Crippen LogP contribution is -2.19. The van der Waals surface area contributed by atoms with Crippen LogP contribution in [0.4, 0.5) is 18.9 Å². The molecule has 116 valence electrons. The summed E-state index contributed by atoms with van der Waals surface area (Å²) in [5.74, 6) is -1.38. The van der Waals surface area contributed by atoms with Crippen molar-refractivity contribution in [2.45, 2.75) is 37.6 Å². The van der Waals surface area contributed by atoms with E-state index in [4.69, 9.17) is 9.84 Å².